The second-order valence-electron chi connectivity index (χ2n) is 14.1. The molecule has 1 aliphatic rings. The molecule has 0 bridgehead atoms. The molecule has 0 aromatic heterocycles. The maximum Gasteiger partial charge on any atom is 0.0536 e. The summed E-state index contributed by atoms with van der Waals surface area (Å²) in [6.07, 6.45) is -0.278. The molecule has 2 unspecified atom stereocenters. The summed E-state index contributed by atoms with van der Waals surface area (Å²) in [6.45, 7) is 17.1. The third-order valence-electron chi connectivity index (χ3n) is 8.13. The molecule has 1 aliphatic heterocycles. The van der Waals surface area contributed by atoms with Gasteiger partial charge in [-0.2, -0.15) is 0 Å². The van der Waals surface area contributed by atoms with Crippen LogP contribution < -0.4 is 20.5 Å². The van der Waals surface area contributed by atoms with Gasteiger partial charge < -0.3 is 10.2 Å². The van der Waals surface area contributed by atoms with E-state index in [1.807, 2.05) is 12.1 Å². The van der Waals surface area contributed by atoms with Crippen LogP contribution in [0.2, 0.25) is 0 Å². The molecule has 0 aliphatic carbocycles. The van der Waals surface area contributed by atoms with Gasteiger partial charge in [-0.1, -0.05) is 0 Å². The SMILES string of the molecule is CC(C)(C)c1ccc(B2B(c3ccc(C(C)(C)C)cc3)N(c3ccccc3)[C](=[Pt])N2c2[c-]cccc2)cc1.CC(O)CC(C)O. The number of rotatable bonds is 6. The van der Waals surface area contributed by atoms with E-state index in [0.29, 0.717) is 6.42 Å². The quantitative estimate of drug-likeness (QED) is 0.185. The molecule has 4 nitrogen and oxygen atoms in total. The first-order valence-corrected chi connectivity index (χ1v) is 17.0. The number of aliphatic hydroxyl groups excluding tert-OH is 2. The fourth-order valence-electron chi connectivity index (χ4n) is 5.75. The zero-order valence-corrected chi connectivity index (χ0v) is 30.2. The molecule has 4 aromatic rings. The molecule has 0 radical (unpaired) electrons. The van der Waals surface area contributed by atoms with E-state index in [2.05, 4.69) is 168 Å². The number of benzene rings is 4. The van der Waals surface area contributed by atoms with Crippen LogP contribution in [0.5, 0.6) is 0 Å². The zero-order valence-electron chi connectivity index (χ0n) is 27.9. The predicted octanol–water partition coefficient (Wildman–Crippen LogP) is 6.06. The molecule has 7 heteroatoms. The molecule has 1 fully saturated rings. The summed E-state index contributed by atoms with van der Waals surface area (Å²) >= 11 is 2.51. The summed E-state index contributed by atoms with van der Waals surface area (Å²) in [5.41, 5.74) is 7.80. The topological polar surface area (TPSA) is 46.9 Å². The van der Waals surface area contributed by atoms with Gasteiger partial charge in [0, 0.05) is 0 Å². The van der Waals surface area contributed by atoms with E-state index in [0.717, 1.165) is 5.69 Å². The summed E-state index contributed by atoms with van der Waals surface area (Å²) in [6, 6.07) is 41.2. The van der Waals surface area contributed by atoms with E-state index in [1.54, 1.807) is 13.8 Å². The largest absolute Gasteiger partial charge is 0.393 e. The first-order chi connectivity index (χ1) is 21.2. The Hall–Kier alpha value is -2.91. The molecule has 4 aromatic carbocycles. The van der Waals surface area contributed by atoms with Gasteiger partial charge in [0.1, 0.15) is 0 Å². The Bertz CT molecular complexity index is 1400. The molecule has 238 valence electrons. The van der Waals surface area contributed by atoms with Crippen molar-refractivity contribution in [3.05, 3.63) is 120 Å². The van der Waals surface area contributed by atoms with Crippen molar-refractivity contribution in [3.8, 4) is 0 Å². The molecular formula is C38H47B2N2O2Pt-. The Morgan fingerprint density at radius 2 is 1.09 bits per heavy atom. The van der Waals surface area contributed by atoms with Gasteiger partial charge in [-0.05, 0) is 20.3 Å². The first-order valence-electron chi connectivity index (χ1n) is 15.8. The van der Waals surface area contributed by atoms with Crippen molar-refractivity contribution in [1.29, 1.82) is 0 Å². The van der Waals surface area contributed by atoms with Crippen molar-refractivity contribution in [1.82, 2.24) is 0 Å². The van der Waals surface area contributed by atoms with Gasteiger partial charge in [-0.3, -0.25) is 0 Å². The van der Waals surface area contributed by atoms with Crippen LogP contribution in [0, 0.1) is 6.07 Å². The molecule has 0 saturated carbocycles. The molecule has 1 heterocycles. The smallest absolute Gasteiger partial charge is 0.0536 e. The van der Waals surface area contributed by atoms with E-state index in [1.165, 1.54) is 31.9 Å². The maximum absolute atomic E-state index is 8.56. The third-order valence-corrected chi connectivity index (χ3v) is 9.22. The summed E-state index contributed by atoms with van der Waals surface area (Å²) < 4.78 is 1.17. The van der Waals surface area contributed by atoms with Crippen molar-refractivity contribution < 1.29 is 29.6 Å². The predicted molar refractivity (Wildman–Crippen MR) is 191 cm³/mol. The van der Waals surface area contributed by atoms with E-state index < -0.39 is 0 Å². The Kier molecular flexibility index (Phi) is 11.4. The zero-order chi connectivity index (χ0) is 32.9. The molecular weight excluding hydrogens is 733 g/mol. The van der Waals surface area contributed by atoms with Crippen LogP contribution in [-0.4, -0.2) is 40.0 Å². The van der Waals surface area contributed by atoms with Crippen molar-refractivity contribution in [2.75, 3.05) is 9.62 Å². The van der Waals surface area contributed by atoms with Crippen LogP contribution >= 0.6 is 0 Å². The van der Waals surface area contributed by atoms with Gasteiger partial charge in [-0.15, -0.1) is 0 Å². The number of para-hydroxylation sites is 2. The number of anilines is 2. The maximum atomic E-state index is 8.56. The van der Waals surface area contributed by atoms with E-state index in [-0.39, 0.29) is 36.5 Å². The summed E-state index contributed by atoms with van der Waals surface area (Å²) in [5, 5.41) is 17.1. The average Bonchev–Trinajstić information content (AvgIpc) is 3.29. The van der Waals surface area contributed by atoms with Crippen molar-refractivity contribution >= 4 is 39.9 Å². The number of hydrogen-bond acceptors (Lipinski definition) is 4. The van der Waals surface area contributed by atoms with E-state index >= 15 is 0 Å². The number of hydrogen-bond donors (Lipinski definition) is 2. The Balaban J connectivity index is 0.000000591. The minimum Gasteiger partial charge on any atom is -0.393 e. The van der Waals surface area contributed by atoms with Gasteiger partial charge in [0.05, 0.1) is 12.2 Å². The first kappa shape index (κ1) is 35.0. The van der Waals surface area contributed by atoms with Gasteiger partial charge in [0.15, 0.2) is 0 Å². The minimum atomic E-state index is -0.375. The second kappa shape index (κ2) is 14.7. The van der Waals surface area contributed by atoms with E-state index in [9.17, 15) is 0 Å². The molecule has 2 atom stereocenters. The fourth-order valence-corrected chi connectivity index (χ4v) is 6.95. The standard InChI is InChI=1S/C33H35B2N2.C5H12O2.Pt/c1-32(2,3)26-17-21-28(22-18-26)34-35(29-23-19-27(20-24-29)33(4,5)6)37(31-15-11-8-12-16-31)25-36(34)30-13-9-7-10-14-30;1-4(6)3-5(2)7;/h7-15,17-24H,1-6H3;4-7H,3H2,1-2H3;/q-1;;. The number of nitrogens with zero attached hydrogens (tertiary/aromatic N) is 2. The Labute approximate surface area is 283 Å². The van der Waals surface area contributed by atoms with Crippen LogP contribution in [0.1, 0.15) is 72.9 Å². The van der Waals surface area contributed by atoms with E-state index in [4.69, 9.17) is 10.2 Å². The molecule has 2 N–H and O–H groups in total. The van der Waals surface area contributed by atoms with Gasteiger partial charge in [-0.25, -0.2) is 0 Å². The molecule has 5 rings (SSSR count). The van der Waals surface area contributed by atoms with Crippen molar-refractivity contribution in [3.63, 3.8) is 0 Å². The Morgan fingerprint density at radius 1 is 0.644 bits per heavy atom. The van der Waals surface area contributed by atoms with Crippen LogP contribution in [-0.2, 0) is 30.2 Å². The van der Waals surface area contributed by atoms with Crippen LogP contribution in [0.25, 0.3) is 0 Å². The molecule has 0 spiro atoms. The monoisotopic (exact) mass is 780 g/mol. The summed E-state index contributed by atoms with van der Waals surface area (Å²) in [7, 11) is 0. The van der Waals surface area contributed by atoms with Crippen molar-refractivity contribution in [2.45, 2.75) is 84.8 Å². The Morgan fingerprint density at radius 3 is 1.47 bits per heavy atom. The fraction of sp³-hybridized carbons (Fsp3) is 0.342. The third kappa shape index (κ3) is 8.67. The minimum absolute atomic E-state index is 0.0795. The van der Waals surface area contributed by atoms with Crippen LogP contribution in [0.15, 0.2) is 103 Å². The normalized spacial score (nSPS) is 15.2. The van der Waals surface area contributed by atoms with Gasteiger partial charge in [0.25, 0.3) is 0 Å². The van der Waals surface area contributed by atoms with Gasteiger partial charge in [0.2, 0.25) is 0 Å². The van der Waals surface area contributed by atoms with Crippen molar-refractivity contribution in [2.24, 2.45) is 0 Å². The molecule has 0 amide bonds. The van der Waals surface area contributed by atoms with Crippen LogP contribution in [0.3, 0.4) is 0 Å². The average molecular weight is 781 g/mol. The summed E-state index contributed by atoms with van der Waals surface area (Å²) in [5.74, 6) is 0. The second-order valence-corrected chi connectivity index (χ2v) is 15.1. The summed E-state index contributed by atoms with van der Waals surface area (Å²) in [4.78, 5) is 4.96. The molecule has 1 saturated heterocycles. The van der Waals surface area contributed by atoms with Gasteiger partial charge >= 0.3 is 242 Å². The number of aliphatic hydroxyl groups is 2. The van der Waals surface area contributed by atoms with Crippen LogP contribution in [0.4, 0.5) is 11.4 Å². The molecule has 45 heavy (non-hydrogen) atoms.